The zero-order chi connectivity index (χ0) is 13.9. The van der Waals surface area contributed by atoms with Gasteiger partial charge < -0.3 is 25.3 Å². The first-order valence-electron chi connectivity index (χ1n) is 6.93. The van der Waals surface area contributed by atoms with Gasteiger partial charge >= 0.3 is 0 Å². The molecule has 0 aliphatic carbocycles. The number of ether oxygens (including phenoxy) is 3. The molecular weight excluding hydrogens is 246 g/mol. The summed E-state index contributed by atoms with van der Waals surface area (Å²) in [5.74, 6) is 1.04. The van der Waals surface area contributed by atoms with Gasteiger partial charge in [-0.3, -0.25) is 4.99 Å². The van der Waals surface area contributed by atoms with Crippen molar-refractivity contribution in [2.75, 3.05) is 46.7 Å². The van der Waals surface area contributed by atoms with Crippen molar-refractivity contribution in [3.05, 3.63) is 0 Å². The molecule has 1 rings (SSSR count). The van der Waals surface area contributed by atoms with Crippen LogP contribution in [0.1, 0.15) is 19.8 Å². The van der Waals surface area contributed by atoms with E-state index in [1.54, 1.807) is 7.11 Å². The second-order valence-corrected chi connectivity index (χ2v) is 4.93. The van der Waals surface area contributed by atoms with Crippen molar-refractivity contribution in [2.24, 2.45) is 16.6 Å². The van der Waals surface area contributed by atoms with Crippen LogP contribution in [0.5, 0.6) is 0 Å². The van der Waals surface area contributed by atoms with Crippen molar-refractivity contribution in [3.63, 3.8) is 0 Å². The van der Waals surface area contributed by atoms with E-state index in [-0.39, 0.29) is 6.04 Å². The Labute approximate surface area is 115 Å². The average molecular weight is 273 g/mol. The summed E-state index contributed by atoms with van der Waals surface area (Å²) in [7, 11) is 1.66. The Morgan fingerprint density at radius 2 is 2.42 bits per heavy atom. The molecule has 1 saturated heterocycles. The van der Waals surface area contributed by atoms with Crippen LogP contribution in [0.25, 0.3) is 0 Å². The van der Waals surface area contributed by atoms with E-state index in [0.717, 1.165) is 39.3 Å². The molecule has 0 radical (unpaired) electrons. The van der Waals surface area contributed by atoms with Crippen LogP contribution < -0.4 is 11.1 Å². The summed E-state index contributed by atoms with van der Waals surface area (Å²) in [6, 6.07) is 0.173. The van der Waals surface area contributed by atoms with Gasteiger partial charge in [-0.15, -0.1) is 0 Å². The van der Waals surface area contributed by atoms with E-state index in [0.29, 0.717) is 25.0 Å². The molecule has 0 bridgehead atoms. The van der Waals surface area contributed by atoms with Crippen molar-refractivity contribution in [3.8, 4) is 0 Å². The third kappa shape index (κ3) is 8.02. The van der Waals surface area contributed by atoms with E-state index < -0.39 is 0 Å². The van der Waals surface area contributed by atoms with E-state index >= 15 is 0 Å². The Morgan fingerprint density at radius 1 is 1.58 bits per heavy atom. The highest BCUT2D eigenvalue weighted by Gasteiger charge is 2.14. The second kappa shape index (κ2) is 10.00. The Balaban J connectivity index is 1.96. The lowest BCUT2D eigenvalue weighted by atomic mass is 10.1. The van der Waals surface area contributed by atoms with Crippen molar-refractivity contribution in [1.29, 1.82) is 0 Å². The number of nitrogens with one attached hydrogen (secondary N) is 1. The minimum atomic E-state index is 0.173. The molecule has 0 aromatic rings. The van der Waals surface area contributed by atoms with Gasteiger partial charge in [0.15, 0.2) is 5.96 Å². The minimum absolute atomic E-state index is 0.173. The van der Waals surface area contributed by atoms with Crippen molar-refractivity contribution < 1.29 is 14.2 Å². The van der Waals surface area contributed by atoms with Crippen LogP contribution >= 0.6 is 0 Å². The largest absolute Gasteiger partial charge is 0.383 e. The number of nitrogens with zero attached hydrogens (tertiary/aromatic N) is 1. The summed E-state index contributed by atoms with van der Waals surface area (Å²) in [5, 5.41) is 3.06. The van der Waals surface area contributed by atoms with Crippen molar-refractivity contribution in [1.82, 2.24) is 5.32 Å². The summed E-state index contributed by atoms with van der Waals surface area (Å²) in [6.07, 6.45) is 2.00. The first-order chi connectivity index (χ1) is 9.22. The number of rotatable bonds is 9. The molecule has 19 heavy (non-hydrogen) atoms. The minimum Gasteiger partial charge on any atom is -0.383 e. The van der Waals surface area contributed by atoms with Crippen LogP contribution in [-0.4, -0.2) is 58.7 Å². The monoisotopic (exact) mass is 273 g/mol. The van der Waals surface area contributed by atoms with Crippen LogP contribution in [0.4, 0.5) is 0 Å². The molecule has 0 amide bonds. The maximum Gasteiger partial charge on any atom is 0.188 e. The molecule has 2 atom stereocenters. The number of nitrogens with two attached hydrogens (primary N) is 1. The quantitative estimate of drug-likeness (QED) is 0.360. The molecule has 112 valence electrons. The molecule has 1 aliphatic rings. The van der Waals surface area contributed by atoms with Crippen LogP contribution in [0.3, 0.4) is 0 Å². The van der Waals surface area contributed by atoms with Gasteiger partial charge in [0.2, 0.25) is 0 Å². The standard InChI is InChI=1S/C13H27N3O3/c1-11(8-17-2)16-13(14)15-5-3-6-18-9-12-4-7-19-10-12/h11-12H,3-10H2,1-2H3,(H3,14,15,16). The summed E-state index contributed by atoms with van der Waals surface area (Å²) in [4.78, 5) is 4.24. The number of hydrogen-bond donors (Lipinski definition) is 2. The normalized spacial score (nSPS) is 21.6. The van der Waals surface area contributed by atoms with Gasteiger partial charge in [-0.05, 0) is 19.8 Å². The summed E-state index contributed by atoms with van der Waals surface area (Å²) in [5.41, 5.74) is 5.75. The number of methoxy groups -OCH3 is 1. The Morgan fingerprint density at radius 3 is 3.11 bits per heavy atom. The maximum absolute atomic E-state index is 5.75. The molecule has 0 aromatic carbocycles. The van der Waals surface area contributed by atoms with Crippen LogP contribution in [-0.2, 0) is 14.2 Å². The SMILES string of the molecule is COCC(C)NC(N)=NCCCOCC1CCOC1. The van der Waals surface area contributed by atoms with E-state index in [1.165, 1.54) is 0 Å². The van der Waals surface area contributed by atoms with Crippen LogP contribution in [0, 0.1) is 5.92 Å². The lowest BCUT2D eigenvalue weighted by molar-refractivity contribution is 0.0893. The highest BCUT2D eigenvalue weighted by molar-refractivity contribution is 5.78. The first-order valence-corrected chi connectivity index (χ1v) is 6.93. The third-order valence-corrected chi connectivity index (χ3v) is 2.92. The summed E-state index contributed by atoms with van der Waals surface area (Å²) >= 11 is 0. The second-order valence-electron chi connectivity index (χ2n) is 4.93. The topological polar surface area (TPSA) is 78.1 Å². The lowest BCUT2D eigenvalue weighted by Gasteiger charge is -2.13. The van der Waals surface area contributed by atoms with Gasteiger partial charge in [0.1, 0.15) is 0 Å². The van der Waals surface area contributed by atoms with Gasteiger partial charge in [0.25, 0.3) is 0 Å². The molecule has 1 aliphatic heterocycles. The molecular formula is C13H27N3O3. The predicted molar refractivity (Wildman–Crippen MR) is 75.3 cm³/mol. The summed E-state index contributed by atoms with van der Waals surface area (Å²) in [6.45, 7) is 6.52. The van der Waals surface area contributed by atoms with E-state index in [9.17, 15) is 0 Å². The zero-order valence-corrected chi connectivity index (χ0v) is 12.1. The van der Waals surface area contributed by atoms with E-state index in [2.05, 4.69) is 10.3 Å². The fraction of sp³-hybridized carbons (Fsp3) is 0.923. The number of aliphatic imine (C=N–C) groups is 1. The van der Waals surface area contributed by atoms with Gasteiger partial charge in [0, 0.05) is 38.8 Å². The summed E-state index contributed by atoms with van der Waals surface area (Å²) < 4.78 is 15.9. The molecule has 0 saturated carbocycles. The number of guanidine groups is 1. The zero-order valence-electron chi connectivity index (χ0n) is 12.1. The smallest absolute Gasteiger partial charge is 0.188 e. The van der Waals surface area contributed by atoms with Gasteiger partial charge in [0.05, 0.1) is 19.8 Å². The van der Waals surface area contributed by atoms with Gasteiger partial charge in [-0.2, -0.15) is 0 Å². The molecule has 2 unspecified atom stereocenters. The molecule has 0 aromatic heterocycles. The van der Waals surface area contributed by atoms with Crippen molar-refractivity contribution in [2.45, 2.75) is 25.8 Å². The first kappa shape index (κ1) is 16.2. The maximum atomic E-state index is 5.75. The van der Waals surface area contributed by atoms with Crippen molar-refractivity contribution >= 4 is 5.96 Å². The van der Waals surface area contributed by atoms with Crippen LogP contribution in [0.2, 0.25) is 0 Å². The average Bonchev–Trinajstić information content (AvgIpc) is 2.86. The molecule has 6 nitrogen and oxygen atoms in total. The van der Waals surface area contributed by atoms with Gasteiger partial charge in [-0.1, -0.05) is 0 Å². The fourth-order valence-corrected chi connectivity index (χ4v) is 1.92. The predicted octanol–water partition coefficient (Wildman–Crippen LogP) is 0.369. The fourth-order valence-electron chi connectivity index (χ4n) is 1.92. The molecule has 6 heteroatoms. The molecule has 0 spiro atoms. The Bertz CT molecular complexity index is 256. The van der Waals surface area contributed by atoms with Gasteiger partial charge in [-0.25, -0.2) is 0 Å². The highest BCUT2D eigenvalue weighted by Crippen LogP contribution is 2.12. The lowest BCUT2D eigenvalue weighted by Crippen LogP contribution is -2.40. The third-order valence-electron chi connectivity index (χ3n) is 2.92. The highest BCUT2D eigenvalue weighted by atomic mass is 16.5. The van der Waals surface area contributed by atoms with E-state index in [4.69, 9.17) is 19.9 Å². The number of hydrogen-bond acceptors (Lipinski definition) is 4. The molecule has 1 heterocycles. The Kier molecular flexibility index (Phi) is 8.53. The molecule has 1 fully saturated rings. The van der Waals surface area contributed by atoms with Crippen LogP contribution in [0.15, 0.2) is 4.99 Å². The molecule has 3 N–H and O–H groups in total. The van der Waals surface area contributed by atoms with E-state index in [1.807, 2.05) is 6.92 Å². The Hall–Kier alpha value is -0.850.